The van der Waals surface area contributed by atoms with Crippen molar-refractivity contribution in [2.45, 2.75) is 106 Å². The number of anilines is 1. The van der Waals surface area contributed by atoms with Gasteiger partial charge >= 0.3 is 0 Å². The summed E-state index contributed by atoms with van der Waals surface area (Å²) in [6.45, 7) is 23.6. The summed E-state index contributed by atoms with van der Waals surface area (Å²) in [5.74, 6) is 2.50. The van der Waals surface area contributed by atoms with Gasteiger partial charge in [0, 0.05) is 10.8 Å². The summed E-state index contributed by atoms with van der Waals surface area (Å²) in [5.41, 5.74) is 11.2. The lowest BCUT2D eigenvalue weighted by atomic mass is 9.92. The maximum absolute atomic E-state index is 5.57. The molecular formula is C37H51N4+. The smallest absolute Gasteiger partial charge is 0.288 e. The number of benzene rings is 3. The molecule has 0 bridgehead atoms. The van der Waals surface area contributed by atoms with Crippen molar-refractivity contribution in [3.05, 3.63) is 88.5 Å². The molecule has 1 aromatic heterocycles. The van der Waals surface area contributed by atoms with Gasteiger partial charge in [0.15, 0.2) is 0 Å². The molecule has 3 aromatic carbocycles. The van der Waals surface area contributed by atoms with Crippen molar-refractivity contribution in [3.8, 4) is 22.6 Å². The molecule has 0 aliphatic carbocycles. The van der Waals surface area contributed by atoms with Crippen LogP contribution in [-0.4, -0.2) is 16.4 Å². The van der Waals surface area contributed by atoms with E-state index in [1.165, 1.54) is 44.8 Å². The highest BCUT2D eigenvalue weighted by atomic mass is 15.5. The first-order chi connectivity index (χ1) is 19.6. The van der Waals surface area contributed by atoms with Crippen molar-refractivity contribution >= 4 is 5.82 Å². The third-order valence-electron chi connectivity index (χ3n) is 8.08. The van der Waals surface area contributed by atoms with Crippen LogP contribution in [0.15, 0.2) is 60.7 Å². The van der Waals surface area contributed by atoms with Gasteiger partial charge in [0.05, 0.1) is 6.54 Å². The molecule has 0 atom stereocenters. The van der Waals surface area contributed by atoms with Crippen LogP contribution < -0.4 is 10.00 Å². The summed E-state index contributed by atoms with van der Waals surface area (Å²) in [4.78, 5) is 0. The summed E-state index contributed by atoms with van der Waals surface area (Å²) in [6, 6.07) is 22.5. The van der Waals surface area contributed by atoms with Gasteiger partial charge in [-0.15, -0.1) is 9.36 Å². The molecular weight excluding hydrogens is 500 g/mol. The average Bonchev–Trinajstić information content (AvgIpc) is 3.31. The minimum Gasteiger partial charge on any atom is -0.301 e. The van der Waals surface area contributed by atoms with Crippen molar-refractivity contribution in [3.63, 3.8) is 0 Å². The maximum Gasteiger partial charge on any atom is 0.288 e. The number of hydrogen-bond donors (Lipinski definition) is 1. The third kappa shape index (κ3) is 6.27. The van der Waals surface area contributed by atoms with E-state index in [-0.39, 0.29) is 0 Å². The molecule has 0 radical (unpaired) electrons. The van der Waals surface area contributed by atoms with Gasteiger partial charge in [0.1, 0.15) is 11.4 Å². The minimum absolute atomic E-state index is 0.359. The largest absolute Gasteiger partial charge is 0.301 e. The van der Waals surface area contributed by atoms with Crippen LogP contribution in [0.25, 0.3) is 22.6 Å². The lowest BCUT2D eigenvalue weighted by molar-refractivity contribution is -0.648. The molecule has 0 aliphatic rings. The van der Waals surface area contributed by atoms with Crippen LogP contribution in [-0.2, 0) is 0 Å². The first kappa shape index (κ1) is 30.6. The van der Waals surface area contributed by atoms with Gasteiger partial charge in [-0.1, -0.05) is 135 Å². The van der Waals surface area contributed by atoms with Crippen LogP contribution in [0.1, 0.15) is 127 Å². The third-order valence-corrected chi connectivity index (χ3v) is 8.08. The Morgan fingerprint density at radius 3 is 1.66 bits per heavy atom. The fraction of sp³-hybridized carbons (Fsp3) is 0.459. The molecule has 0 saturated heterocycles. The van der Waals surface area contributed by atoms with Crippen molar-refractivity contribution in [1.29, 1.82) is 0 Å². The Labute approximate surface area is 248 Å². The highest BCUT2D eigenvalue weighted by Crippen LogP contribution is 2.37. The fourth-order valence-electron chi connectivity index (χ4n) is 5.72. The van der Waals surface area contributed by atoms with E-state index in [2.05, 4.69) is 145 Å². The number of aryl methyl sites for hydroxylation is 1. The Balaban J connectivity index is 2.21. The Hall–Kier alpha value is -3.40. The normalized spacial score (nSPS) is 11.9. The van der Waals surface area contributed by atoms with Gasteiger partial charge in [0.2, 0.25) is 5.69 Å². The van der Waals surface area contributed by atoms with Crippen LogP contribution in [0.3, 0.4) is 0 Å². The fourth-order valence-corrected chi connectivity index (χ4v) is 5.72. The predicted octanol–water partition coefficient (Wildman–Crippen LogP) is 9.83. The first-order valence-electron chi connectivity index (χ1n) is 15.7. The van der Waals surface area contributed by atoms with E-state index in [9.17, 15) is 0 Å². The summed E-state index contributed by atoms with van der Waals surface area (Å²) >= 11 is 0. The summed E-state index contributed by atoms with van der Waals surface area (Å²) in [6.07, 6.45) is 2.23. The molecule has 4 rings (SSSR count). The van der Waals surface area contributed by atoms with Crippen LogP contribution >= 0.6 is 0 Å². The van der Waals surface area contributed by atoms with Crippen LogP contribution in [0.5, 0.6) is 0 Å². The molecule has 4 nitrogen and oxygen atoms in total. The molecule has 0 amide bonds. The monoisotopic (exact) mass is 551 g/mol. The van der Waals surface area contributed by atoms with E-state index in [0.29, 0.717) is 23.7 Å². The second-order valence-electron chi connectivity index (χ2n) is 12.7. The number of para-hydroxylation sites is 2. The van der Waals surface area contributed by atoms with E-state index in [1.807, 2.05) is 0 Å². The molecule has 1 N–H and O–H groups in total. The number of hydrogen-bond acceptors (Lipinski definition) is 2. The molecule has 41 heavy (non-hydrogen) atoms. The summed E-state index contributed by atoms with van der Waals surface area (Å²) < 4.78 is 4.49. The second-order valence-corrected chi connectivity index (χ2v) is 12.7. The van der Waals surface area contributed by atoms with Gasteiger partial charge in [0.25, 0.3) is 5.82 Å². The molecule has 0 unspecified atom stereocenters. The summed E-state index contributed by atoms with van der Waals surface area (Å²) in [7, 11) is 0. The average molecular weight is 552 g/mol. The molecule has 0 spiro atoms. The predicted molar refractivity (Wildman–Crippen MR) is 175 cm³/mol. The molecule has 0 aliphatic heterocycles. The summed E-state index contributed by atoms with van der Waals surface area (Å²) in [5, 5.41) is 9.47. The zero-order valence-corrected chi connectivity index (χ0v) is 27.0. The lowest BCUT2D eigenvalue weighted by Gasteiger charge is -2.18. The van der Waals surface area contributed by atoms with Gasteiger partial charge in [-0.2, -0.15) is 0 Å². The Kier molecular flexibility index (Phi) is 9.73. The van der Waals surface area contributed by atoms with Crippen LogP contribution in [0.2, 0.25) is 0 Å². The second kappa shape index (κ2) is 13.1. The molecule has 0 saturated carbocycles. The van der Waals surface area contributed by atoms with Crippen molar-refractivity contribution in [2.75, 3.05) is 11.9 Å². The Morgan fingerprint density at radius 2 is 1.20 bits per heavy atom. The van der Waals surface area contributed by atoms with Crippen LogP contribution in [0, 0.1) is 6.92 Å². The topological polar surface area (TPSA) is 33.7 Å². The molecule has 0 fully saturated rings. The molecule has 4 aromatic rings. The minimum atomic E-state index is 0.359. The van der Waals surface area contributed by atoms with Crippen molar-refractivity contribution in [2.24, 2.45) is 0 Å². The van der Waals surface area contributed by atoms with Crippen molar-refractivity contribution in [1.82, 2.24) is 9.90 Å². The molecule has 4 heteroatoms. The zero-order chi connectivity index (χ0) is 29.8. The lowest BCUT2D eigenvalue weighted by Crippen LogP contribution is -2.39. The Bertz CT molecular complexity index is 1400. The quantitative estimate of drug-likeness (QED) is 0.149. The Morgan fingerprint density at radius 1 is 0.707 bits per heavy atom. The van der Waals surface area contributed by atoms with E-state index in [1.54, 1.807) is 0 Å². The van der Waals surface area contributed by atoms with Crippen molar-refractivity contribution < 1.29 is 4.68 Å². The highest BCUT2D eigenvalue weighted by Gasteiger charge is 2.34. The van der Waals surface area contributed by atoms with Crippen LogP contribution in [0.4, 0.5) is 5.82 Å². The number of nitrogens with zero attached hydrogens (tertiary/aromatic N) is 3. The van der Waals surface area contributed by atoms with E-state index in [0.717, 1.165) is 30.9 Å². The highest BCUT2D eigenvalue weighted by molar-refractivity contribution is 5.73. The number of unbranched alkanes of at least 4 members (excludes halogenated alkanes) is 1. The molecule has 1 heterocycles. The molecule has 218 valence electrons. The first-order valence-corrected chi connectivity index (χ1v) is 15.7. The van der Waals surface area contributed by atoms with Gasteiger partial charge < -0.3 is 5.32 Å². The SMILES string of the molecule is CCCCNc1c(-c2ccc(C)cc2)n(-c2c(C(C)C)cccc2C(C)C)n[n+]1-c1c(C(C)C)cccc1C(C)C. The standard InChI is InChI=1S/C37H51N4/c1-11-12-23-38-37-34(29-21-19-28(10)20-22-29)40(35-30(24(2)3)15-13-16-31(35)25(4)5)39-41(37)36-32(26(6)7)17-14-18-33(36)27(8)9/h13-22,24-27,38H,11-12,23H2,1-10H3/q+1. The maximum atomic E-state index is 5.57. The van der Waals surface area contributed by atoms with Gasteiger partial charge in [-0.25, -0.2) is 0 Å². The number of aromatic nitrogens is 3. The van der Waals surface area contributed by atoms with Gasteiger partial charge in [-0.3, -0.25) is 0 Å². The van der Waals surface area contributed by atoms with E-state index >= 15 is 0 Å². The number of rotatable bonds is 11. The van der Waals surface area contributed by atoms with E-state index < -0.39 is 0 Å². The van der Waals surface area contributed by atoms with Gasteiger partial charge in [-0.05, 0) is 59.3 Å². The van der Waals surface area contributed by atoms with E-state index in [4.69, 9.17) is 5.21 Å². The number of nitrogens with one attached hydrogen (secondary N) is 1. The zero-order valence-electron chi connectivity index (χ0n) is 27.0.